The van der Waals surface area contributed by atoms with E-state index in [2.05, 4.69) is 33.0 Å². The molecule has 0 aromatic heterocycles. The van der Waals surface area contributed by atoms with Crippen molar-refractivity contribution in [2.24, 2.45) is 11.3 Å². The molecule has 1 N–H and O–H groups in total. The van der Waals surface area contributed by atoms with Crippen molar-refractivity contribution in [1.82, 2.24) is 0 Å². The third-order valence-electron chi connectivity index (χ3n) is 3.43. The molecule has 0 saturated heterocycles. The maximum atomic E-state index is 10.8. The molecule has 0 aliphatic rings. The summed E-state index contributed by atoms with van der Waals surface area (Å²) in [6.45, 7) is 9.43. The Morgan fingerprint density at radius 2 is 2.00 bits per heavy atom. The van der Waals surface area contributed by atoms with Crippen LogP contribution >= 0.6 is 0 Å². The van der Waals surface area contributed by atoms with E-state index in [0.29, 0.717) is 17.4 Å². The molecule has 1 unspecified atom stereocenters. The molecular weight excluding hydrogens is 244 g/mol. The van der Waals surface area contributed by atoms with Gasteiger partial charge in [-0.15, -0.1) is 0 Å². The number of nitrogens with zero attached hydrogens (tertiary/aromatic N) is 1. The summed E-state index contributed by atoms with van der Waals surface area (Å²) in [6.07, 6.45) is 0. The average molecular weight is 266 g/mol. The molecule has 0 bridgehead atoms. The van der Waals surface area contributed by atoms with Gasteiger partial charge in [-0.05, 0) is 11.3 Å². The summed E-state index contributed by atoms with van der Waals surface area (Å²) in [7, 11) is 1.50. The molecule has 0 fully saturated rings. The van der Waals surface area contributed by atoms with Crippen molar-refractivity contribution in [1.29, 1.82) is 0 Å². The molecule has 0 spiro atoms. The SMILES string of the molecule is COc1cc(NCC(C)C(C)(C)C)cc([N+](=O)[O-])c1. The summed E-state index contributed by atoms with van der Waals surface area (Å²) in [5.74, 6) is 0.929. The van der Waals surface area contributed by atoms with Gasteiger partial charge < -0.3 is 10.1 Å². The van der Waals surface area contributed by atoms with Crippen molar-refractivity contribution < 1.29 is 9.66 Å². The van der Waals surface area contributed by atoms with E-state index in [0.717, 1.165) is 6.54 Å². The van der Waals surface area contributed by atoms with Crippen LogP contribution in [-0.2, 0) is 0 Å². The molecule has 0 aliphatic carbocycles. The van der Waals surface area contributed by atoms with Crippen LogP contribution < -0.4 is 10.1 Å². The number of nitrogens with one attached hydrogen (secondary N) is 1. The normalized spacial score (nSPS) is 12.9. The van der Waals surface area contributed by atoms with Crippen molar-refractivity contribution in [2.75, 3.05) is 19.0 Å². The fraction of sp³-hybridized carbons (Fsp3) is 0.571. The second kappa shape index (κ2) is 5.91. The highest BCUT2D eigenvalue weighted by Crippen LogP contribution is 2.28. The van der Waals surface area contributed by atoms with Gasteiger partial charge >= 0.3 is 0 Å². The Labute approximate surface area is 114 Å². The highest BCUT2D eigenvalue weighted by molar-refractivity contribution is 5.56. The van der Waals surface area contributed by atoms with E-state index in [1.165, 1.54) is 19.2 Å². The molecule has 0 heterocycles. The molecule has 19 heavy (non-hydrogen) atoms. The summed E-state index contributed by atoms with van der Waals surface area (Å²) < 4.78 is 5.08. The van der Waals surface area contributed by atoms with Crippen molar-refractivity contribution >= 4 is 11.4 Å². The monoisotopic (exact) mass is 266 g/mol. The topological polar surface area (TPSA) is 64.4 Å². The number of nitro benzene ring substituents is 1. The molecule has 1 aromatic carbocycles. The largest absolute Gasteiger partial charge is 0.496 e. The van der Waals surface area contributed by atoms with Crippen molar-refractivity contribution in [3.8, 4) is 5.75 Å². The molecule has 1 rings (SSSR count). The molecule has 0 aliphatic heterocycles. The van der Waals surface area contributed by atoms with E-state index < -0.39 is 4.92 Å². The van der Waals surface area contributed by atoms with Crippen LogP contribution in [0.1, 0.15) is 27.7 Å². The molecular formula is C14H22N2O3. The van der Waals surface area contributed by atoms with Gasteiger partial charge in [0.1, 0.15) is 5.75 Å². The van der Waals surface area contributed by atoms with Crippen molar-refractivity contribution in [2.45, 2.75) is 27.7 Å². The second-order valence-electron chi connectivity index (χ2n) is 5.82. The minimum absolute atomic E-state index is 0.0326. The number of benzene rings is 1. The standard InChI is InChI=1S/C14H22N2O3/c1-10(14(2,3)4)9-15-11-6-12(16(17)18)8-13(7-11)19-5/h6-8,10,15H,9H2,1-5H3. The van der Waals surface area contributed by atoms with E-state index in [1.54, 1.807) is 6.07 Å². The van der Waals surface area contributed by atoms with E-state index in [1.807, 2.05) is 0 Å². The van der Waals surface area contributed by atoms with E-state index in [9.17, 15) is 10.1 Å². The first kappa shape index (κ1) is 15.3. The minimum atomic E-state index is -0.416. The van der Waals surface area contributed by atoms with Gasteiger partial charge in [-0.2, -0.15) is 0 Å². The molecule has 106 valence electrons. The smallest absolute Gasteiger partial charge is 0.275 e. The van der Waals surface area contributed by atoms with E-state index >= 15 is 0 Å². The maximum absolute atomic E-state index is 10.8. The number of rotatable bonds is 5. The third-order valence-corrected chi connectivity index (χ3v) is 3.43. The van der Waals surface area contributed by atoms with Gasteiger partial charge in [0.25, 0.3) is 5.69 Å². The Kier molecular flexibility index (Phi) is 4.75. The maximum Gasteiger partial charge on any atom is 0.275 e. The summed E-state index contributed by atoms with van der Waals surface area (Å²) in [6, 6.07) is 4.71. The molecule has 0 amide bonds. The van der Waals surface area contributed by atoms with Crippen LogP contribution in [0.2, 0.25) is 0 Å². The summed E-state index contributed by atoms with van der Waals surface area (Å²) >= 11 is 0. The number of ether oxygens (including phenoxy) is 1. The van der Waals surface area contributed by atoms with Crippen molar-refractivity contribution in [3.63, 3.8) is 0 Å². The number of anilines is 1. The van der Waals surface area contributed by atoms with Crippen LogP contribution in [0.5, 0.6) is 5.75 Å². The molecule has 5 nitrogen and oxygen atoms in total. The van der Waals surface area contributed by atoms with Gasteiger partial charge in [-0.1, -0.05) is 27.7 Å². The Morgan fingerprint density at radius 1 is 1.37 bits per heavy atom. The molecule has 1 atom stereocenters. The second-order valence-corrected chi connectivity index (χ2v) is 5.82. The third kappa shape index (κ3) is 4.43. The number of hydrogen-bond acceptors (Lipinski definition) is 4. The zero-order valence-corrected chi connectivity index (χ0v) is 12.2. The first-order valence-electron chi connectivity index (χ1n) is 6.31. The van der Waals surface area contributed by atoms with Gasteiger partial charge in [0, 0.05) is 24.4 Å². The molecule has 0 saturated carbocycles. The lowest BCUT2D eigenvalue weighted by Crippen LogP contribution is -2.24. The fourth-order valence-electron chi connectivity index (χ4n) is 1.49. The van der Waals surface area contributed by atoms with Crippen LogP contribution in [0.3, 0.4) is 0 Å². The van der Waals surface area contributed by atoms with E-state index in [4.69, 9.17) is 4.74 Å². The lowest BCUT2D eigenvalue weighted by Gasteiger charge is -2.27. The van der Waals surface area contributed by atoms with Crippen LogP contribution in [-0.4, -0.2) is 18.6 Å². The Bertz CT molecular complexity index is 452. The number of non-ortho nitro benzene ring substituents is 1. The zero-order valence-electron chi connectivity index (χ0n) is 12.2. The average Bonchev–Trinajstić information content (AvgIpc) is 2.34. The van der Waals surface area contributed by atoms with Crippen molar-refractivity contribution in [3.05, 3.63) is 28.3 Å². The number of methoxy groups -OCH3 is 1. The van der Waals surface area contributed by atoms with E-state index in [-0.39, 0.29) is 11.1 Å². The van der Waals surface area contributed by atoms with Gasteiger partial charge in [-0.3, -0.25) is 10.1 Å². The summed E-state index contributed by atoms with van der Waals surface area (Å²) in [5.41, 5.74) is 0.935. The predicted molar refractivity (Wildman–Crippen MR) is 76.8 cm³/mol. The number of hydrogen-bond donors (Lipinski definition) is 1. The molecule has 1 aromatic rings. The Hall–Kier alpha value is -1.78. The predicted octanol–water partition coefficient (Wildman–Crippen LogP) is 3.70. The minimum Gasteiger partial charge on any atom is -0.496 e. The van der Waals surface area contributed by atoms with Gasteiger partial charge in [0.15, 0.2) is 0 Å². The van der Waals surface area contributed by atoms with Crippen LogP contribution in [0.25, 0.3) is 0 Å². The lowest BCUT2D eigenvalue weighted by atomic mass is 9.82. The Balaban J connectivity index is 2.83. The highest BCUT2D eigenvalue weighted by atomic mass is 16.6. The molecule has 0 radical (unpaired) electrons. The fourth-order valence-corrected chi connectivity index (χ4v) is 1.49. The number of nitro groups is 1. The molecule has 5 heteroatoms. The Morgan fingerprint density at radius 3 is 2.47 bits per heavy atom. The first-order chi connectivity index (χ1) is 8.74. The zero-order chi connectivity index (χ0) is 14.6. The van der Waals surface area contributed by atoms with Gasteiger partial charge in [-0.25, -0.2) is 0 Å². The van der Waals surface area contributed by atoms with Crippen LogP contribution in [0.15, 0.2) is 18.2 Å². The summed E-state index contributed by atoms with van der Waals surface area (Å²) in [5, 5.41) is 14.1. The quantitative estimate of drug-likeness (QED) is 0.652. The summed E-state index contributed by atoms with van der Waals surface area (Å²) in [4.78, 5) is 10.4. The lowest BCUT2D eigenvalue weighted by molar-refractivity contribution is -0.384. The first-order valence-corrected chi connectivity index (χ1v) is 6.31. The van der Waals surface area contributed by atoms with Gasteiger partial charge in [0.2, 0.25) is 0 Å². The highest BCUT2D eigenvalue weighted by Gasteiger charge is 2.20. The van der Waals surface area contributed by atoms with Crippen LogP contribution in [0.4, 0.5) is 11.4 Å². The van der Waals surface area contributed by atoms with Gasteiger partial charge in [0.05, 0.1) is 18.1 Å². The van der Waals surface area contributed by atoms with Crippen LogP contribution in [0, 0.1) is 21.4 Å².